The van der Waals surface area contributed by atoms with Crippen molar-refractivity contribution in [1.29, 1.82) is 0 Å². The van der Waals surface area contributed by atoms with Crippen molar-refractivity contribution in [2.24, 2.45) is 0 Å². The first-order chi connectivity index (χ1) is 15.0. The number of hydrogen-bond donors (Lipinski definition) is 2. The van der Waals surface area contributed by atoms with Crippen molar-refractivity contribution in [3.8, 4) is 11.5 Å². The van der Waals surface area contributed by atoms with Gasteiger partial charge in [0.05, 0.1) is 36.8 Å². The second-order valence-corrected chi connectivity index (χ2v) is 8.57. The maximum atomic E-state index is 12.8. The summed E-state index contributed by atoms with van der Waals surface area (Å²) >= 11 is 1.40. The van der Waals surface area contributed by atoms with E-state index in [1.54, 1.807) is 44.6 Å². The van der Waals surface area contributed by atoms with Gasteiger partial charge in [-0.3, -0.25) is 9.59 Å². The summed E-state index contributed by atoms with van der Waals surface area (Å²) in [6.45, 7) is 3.02. The number of thioether (sulfide) groups is 1. The third-order valence-corrected chi connectivity index (χ3v) is 6.07. The quantitative estimate of drug-likeness (QED) is 0.573. The molecule has 166 valence electrons. The summed E-state index contributed by atoms with van der Waals surface area (Å²) in [5.74, 6) is 0.811. The van der Waals surface area contributed by atoms with Gasteiger partial charge in [-0.15, -0.1) is 11.8 Å². The fourth-order valence-electron chi connectivity index (χ4n) is 3.28. The molecule has 1 aliphatic heterocycles. The number of anilines is 1. The molecule has 1 saturated heterocycles. The molecule has 2 aromatic rings. The number of hydrogen-bond acceptors (Lipinski definition) is 6. The van der Waals surface area contributed by atoms with Crippen molar-refractivity contribution in [1.82, 2.24) is 5.32 Å². The molecule has 3 rings (SSSR count). The van der Waals surface area contributed by atoms with Gasteiger partial charge in [-0.25, -0.2) is 0 Å². The summed E-state index contributed by atoms with van der Waals surface area (Å²) in [7, 11) is 3.15. The molecule has 1 aliphatic rings. The lowest BCUT2D eigenvalue weighted by Crippen LogP contribution is -2.32. The van der Waals surface area contributed by atoms with Crippen LogP contribution in [0.2, 0.25) is 0 Å². The number of methoxy groups -OCH3 is 2. The topological polar surface area (TPSA) is 85.9 Å². The average Bonchev–Trinajstić information content (AvgIpc) is 3.31. The molecule has 0 bridgehead atoms. The molecular formula is C23H28N2O5S. The van der Waals surface area contributed by atoms with Crippen LogP contribution in [0.25, 0.3) is 0 Å². The Labute approximate surface area is 186 Å². The highest BCUT2D eigenvalue weighted by Gasteiger charge is 2.20. The second-order valence-electron chi connectivity index (χ2n) is 7.16. The van der Waals surface area contributed by atoms with E-state index in [2.05, 4.69) is 10.6 Å². The number of rotatable bonds is 9. The van der Waals surface area contributed by atoms with Crippen LogP contribution in [-0.4, -0.2) is 50.5 Å². The maximum Gasteiger partial charge on any atom is 0.253 e. The van der Waals surface area contributed by atoms with Crippen LogP contribution in [0.3, 0.4) is 0 Å². The van der Waals surface area contributed by atoms with Crippen molar-refractivity contribution in [2.45, 2.75) is 36.0 Å². The van der Waals surface area contributed by atoms with E-state index in [1.165, 1.54) is 11.8 Å². The van der Waals surface area contributed by atoms with Gasteiger partial charge >= 0.3 is 0 Å². The molecule has 2 unspecified atom stereocenters. The number of nitrogens with one attached hydrogen (secondary N) is 2. The normalized spacial score (nSPS) is 16.4. The molecule has 7 nitrogen and oxygen atoms in total. The first kappa shape index (κ1) is 23.0. The molecule has 0 spiro atoms. The summed E-state index contributed by atoms with van der Waals surface area (Å²) in [4.78, 5) is 26.3. The van der Waals surface area contributed by atoms with Gasteiger partial charge < -0.3 is 24.8 Å². The summed E-state index contributed by atoms with van der Waals surface area (Å²) in [5.41, 5.74) is 0.911. The average molecular weight is 445 g/mol. The number of ether oxygens (including phenoxy) is 3. The Balaban J connectivity index is 1.62. The van der Waals surface area contributed by atoms with Crippen molar-refractivity contribution >= 4 is 29.3 Å². The van der Waals surface area contributed by atoms with Crippen LogP contribution in [0.4, 0.5) is 5.69 Å². The van der Waals surface area contributed by atoms with Crippen molar-refractivity contribution < 1.29 is 23.8 Å². The molecule has 1 fully saturated rings. The lowest BCUT2D eigenvalue weighted by molar-refractivity contribution is -0.115. The predicted molar refractivity (Wildman–Crippen MR) is 121 cm³/mol. The highest BCUT2D eigenvalue weighted by Crippen LogP contribution is 2.33. The molecule has 2 atom stereocenters. The minimum atomic E-state index is -0.388. The van der Waals surface area contributed by atoms with E-state index >= 15 is 0 Å². The second kappa shape index (κ2) is 11.1. The zero-order valence-corrected chi connectivity index (χ0v) is 18.8. The number of carbonyl (C=O) groups excluding carboxylic acids is 2. The molecule has 0 aliphatic carbocycles. The minimum absolute atomic E-state index is 0.0589. The molecule has 2 amide bonds. The molecule has 0 radical (unpaired) electrons. The third-order valence-electron chi connectivity index (χ3n) is 4.98. The highest BCUT2D eigenvalue weighted by atomic mass is 32.2. The highest BCUT2D eigenvalue weighted by molar-refractivity contribution is 8.00. The molecule has 31 heavy (non-hydrogen) atoms. The Bertz CT molecular complexity index is 915. The molecule has 2 N–H and O–H groups in total. The molecule has 0 saturated carbocycles. The van der Waals surface area contributed by atoms with Crippen LogP contribution >= 0.6 is 11.8 Å². The van der Waals surface area contributed by atoms with Crippen LogP contribution in [-0.2, 0) is 9.53 Å². The van der Waals surface area contributed by atoms with Crippen LogP contribution in [0, 0.1) is 0 Å². The van der Waals surface area contributed by atoms with E-state index in [4.69, 9.17) is 14.2 Å². The van der Waals surface area contributed by atoms with E-state index in [9.17, 15) is 9.59 Å². The van der Waals surface area contributed by atoms with E-state index in [0.29, 0.717) is 29.3 Å². The van der Waals surface area contributed by atoms with Crippen LogP contribution in [0.5, 0.6) is 11.5 Å². The fraction of sp³-hybridized carbons (Fsp3) is 0.391. The third kappa shape index (κ3) is 6.15. The van der Waals surface area contributed by atoms with Crippen molar-refractivity contribution in [3.63, 3.8) is 0 Å². The van der Waals surface area contributed by atoms with Crippen LogP contribution in [0.15, 0.2) is 47.4 Å². The van der Waals surface area contributed by atoms with Crippen LogP contribution in [0.1, 0.15) is 30.1 Å². The monoisotopic (exact) mass is 444 g/mol. The van der Waals surface area contributed by atoms with Gasteiger partial charge in [0.2, 0.25) is 5.91 Å². The SMILES string of the molecule is COc1ccc(SC(C)C(=O)Nc2ccccc2C(=O)NCC2CCCO2)cc1OC. The Morgan fingerprint density at radius 3 is 2.65 bits per heavy atom. The van der Waals surface area contributed by atoms with Gasteiger partial charge in [0.25, 0.3) is 5.91 Å². The van der Waals surface area contributed by atoms with Gasteiger partial charge in [0.1, 0.15) is 0 Å². The molecule has 8 heteroatoms. The zero-order chi connectivity index (χ0) is 22.2. The van der Waals surface area contributed by atoms with Crippen molar-refractivity contribution in [2.75, 3.05) is 32.7 Å². The summed E-state index contributed by atoms with van der Waals surface area (Å²) < 4.78 is 16.1. The van der Waals surface area contributed by atoms with E-state index in [1.807, 2.05) is 19.1 Å². The number of carbonyl (C=O) groups is 2. The first-order valence-corrected chi connectivity index (χ1v) is 11.1. The molecule has 0 aromatic heterocycles. The summed E-state index contributed by atoms with van der Waals surface area (Å²) in [6, 6.07) is 12.5. The standard InChI is InChI=1S/C23H28N2O5S/c1-15(31-17-10-11-20(28-2)21(13-17)29-3)22(26)25-19-9-5-4-8-18(19)23(27)24-14-16-7-6-12-30-16/h4-5,8-11,13,15-16H,6-7,12,14H2,1-3H3,(H,24,27)(H,25,26). The maximum absolute atomic E-state index is 12.8. The smallest absolute Gasteiger partial charge is 0.253 e. The van der Waals surface area contributed by atoms with Gasteiger partial charge in [0.15, 0.2) is 11.5 Å². The number of amides is 2. The van der Waals surface area contributed by atoms with Crippen molar-refractivity contribution in [3.05, 3.63) is 48.0 Å². The van der Waals surface area contributed by atoms with Gasteiger partial charge in [-0.1, -0.05) is 12.1 Å². The fourth-order valence-corrected chi connectivity index (χ4v) is 4.17. The summed E-state index contributed by atoms with van der Waals surface area (Å²) in [5, 5.41) is 5.40. The predicted octanol–water partition coefficient (Wildman–Crippen LogP) is 3.73. The Kier molecular flexibility index (Phi) is 8.20. The van der Waals surface area contributed by atoms with Gasteiger partial charge in [-0.2, -0.15) is 0 Å². The molecular weight excluding hydrogens is 416 g/mol. The Morgan fingerprint density at radius 2 is 1.94 bits per heavy atom. The van der Waals surface area contributed by atoms with Gasteiger partial charge in [0, 0.05) is 18.0 Å². The Hall–Kier alpha value is -2.71. The number of para-hydroxylation sites is 1. The Morgan fingerprint density at radius 1 is 1.16 bits per heavy atom. The summed E-state index contributed by atoms with van der Waals surface area (Å²) in [6.07, 6.45) is 2.02. The largest absolute Gasteiger partial charge is 0.493 e. The minimum Gasteiger partial charge on any atom is -0.493 e. The first-order valence-electron chi connectivity index (χ1n) is 10.2. The number of benzene rings is 2. The molecule has 1 heterocycles. The lowest BCUT2D eigenvalue weighted by Gasteiger charge is -2.16. The van der Waals surface area contributed by atoms with E-state index in [0.717, 1.165) is 24.3 Å². The van der Waals surface area contributed by atoms with Crippen LogP contribution < -0.4 is 20.1 Å². The van der Waals surface area contributed by atoms with E-state index in [-0.39, 0.29) is 23.2 Å². The van der Waals surface area contributed by atoms with Gasteiger partial charge in [-0.05, 0) is 50.1 Å². The molecule has 2 aromatic carbocycles. The zero-order valence-electron chi connectivity index (χ0n) is 18.0. The lowest BCUT2D eigenvalue weighted by atomic mass is 10.1. The van der Waals surface area contributed by atoms with E-state index < -0.39 is 0 Å².